The van der Waals surface area contributed by atoms with Crippen molar-refractivity contribution in [2.75, 3.05) is 37.0 Å². The quantitative estimate of drug-likeness (QED) is 0.174. The van der Waals surface area contributed by atoms with Gasteiger partial charge in [-0.3, -0.25) is 13.9 Å². The number of nitrogens with zero attached hydrogens (tertiary/aromatic N) is 2. The zero-order valence-electron chi connectivity index (χ0n) is 23.5. The van der Waals surface area contributed by atoms with E-state index < -0.39 is 22.5 Å². The van der Waals surface area contributed by atoms with E-state index in [1.54, 1.807) is 91.0 Å². The van der Waals surface area contributed by atoms with Crippen molar-refractivity contribution in [1.82, 2.24) is 5.43 Å². The standard InChI is InChI=1S/C31H30N4O7S/c1-40-28-14-8-6-12-26(28)33-31(37)22-42-24-18-16-23(17-19-24)20-32-34-30(36)21-35(27-13-7-9-15-29(27)41-2)43(38,39)25-10-4-3-5-11-25/h3-20H,21-22H2,1-2H3,(H,33,37)(H,34,36)/b32-20+. The SMILES string of the molecule is COc1ccccc1NC(=O)COc1ccc(/C=N/NC(=O)CN(c2ccccc2OC)S(=O)(=O)c2ccccc2)cc1. The van der Waals surface area contributed by atoms with Crippen molar-refractivity contribution in [2.45, 2.75) is 4.90 Å². The molecule has 0 unspecified atom stereocenters. The monoisotopic (exact) mass is 602 g/mol. The van der Waals surface area contributed by atoms with Gasteiger partial charge in [0.25, 0.3) is 21.8 Å². The number of para-hydroxylation sites is 4. The number of amides is 2. The highest BCUT2D eigenvalue weighted by molar-refractivity contribution is 7.92. The lowest BCUT2D eigenvalue weighted by atomic mass is 10.2. The van der Waals surface area contributed by atoms with Gasteiger partial charge in [-0.15, -0.1) is 0 Å². The summed E-state index contributed by atoms with van der Waals surface area (Å²) in [5.74, 6) is 0.265. The molecule has 2 amide bonds. The minimum atomic E-state index is -4.10. The molecule has 4 aromatic rings. The molecule has 0 aliphatic rings. The van der Waals surface area contributed by atoms with Gasteiger partial charge in [0, 0.05) is 0 Å². The van der Waals surface area contributed by atoms with E-state index in [0.29, 0.717) is 22.7 Å². The fraction of sp³-hybridized carbons (Fsp3) is 0.129. The van der Waals surface area contributed by atoms with E-state index >= 15 is 0 Å². The number of rotatable bonds is 13. The Hall–Kier alpha value is -5.36. The molecule has 0 atom stereocenters. The normalized spacial score (nSPS) is 11.0. The molecule has 0 heterocycles. The molecule has 0 aromatic heterocycles. The number of carbonyl (C=O) groups is 2. The third kappa shape index (κ3) is 8.11. The maximum atomic E-state index is 13.5. The van der Waals surface area contributed by atoms with E-state index in [0.717, 1.165) is 4.31 Å². The Labute approximate surface area is 249 Å². The molecule has 0 fully saturated rings. The molecule has 0 saturated carbocycles. The maximum absolute atomic E-state index is 13.5. The molecule has 0 bridgehead atoms. The van der Waals surface area contributed by atoms with Crippen molar-refractivity contribution in [3.63, 3.8) is 0 Å². The smallest absolute Gasteiger partial charge is 0.264 e. The van der Waals surface area contributed by atoms with Crippen molar-refractivity contribution in [3.05, 3.63) is 109 Å². The minimum Gasteiger partial charge on any atom is -0.495 e. The van der Waals surface area contributed by atoms with Crippen LogP contribution in [-0.2, 0) is 19.6 Å². The van der Waals surface area contributed by atoms with Crippen LogP contribution in [0.5, 0.6) is 17.2 Å². The lowest BCUT2D eigenvalue weighted by Gasteiger charge is -2.25. The number of hydrazone groups is 1. The first kappa shape index (κ1) is 30.6. The average molecular weight is 603 g/mol. The molecule has 43 heavy (non-hydrogen) atoms. The Morgan fingerprint density at radius 3 is 2.12 bits per heavy atom. The second kappa shape index (κ2) is 14.5. The van der Waals surface area contributed by atoms with Crippen molar-refractivity contribution in [3.8, 4) is 17.2 Å². The zero-order valence-corrected chi connectivity index (χ0v) is 24.3. The van der Waals surface area contributed by atoms with Gasteiger partial charge in [-0.05, 0) is 66.2 Å². The highest BCUT2D eigenvalue weighted by Crippen LogP contribution is 2.32. The third-order valence-corrected chi connectivity index (χ3v) is 7.78. The molecular formula is C31H30N4O7S. The number of nitrogens with one attached hydrogen (secondary N) is 2. The minimum absolute atomic E-state index is 0.0248. The van der Waals surface area contributed by atoms with Crippen molar-refractivity contribution < 1.29 is 32.2 Å². The number of benzene rings is 4. The Bertz CT molecular complexity index is 1680. The molecule has 4 aromatic carbocycles. The largest absolute Gasteiger partial charge is 0.495 e. The number of ether oxygens (including phenoxy) is 3. The highest BCUT2D eigenvalue weighted by Gasteiger charge is 2.29. The van der Waals surface area contributed by atoms with Crippen LogP contribution in [-0.4, -0.2) is 53.8 Å². The number of methoxy groups -OCH3 is 2. The van der Waals surface area contributed by atoms with Crippen LogP contribution in [0.25, 0.3) is 0 Å². The molecule has 2 N–H and O–H groups in total. The molecule has 222 valence electrons. The summed E-state index contributed by atoms with van der Waals surface area (Å²) in [7, 11) is -1.17. The van der Waals surface area contributed by atoms with Crippen LogP contribution in [0, 0.1) is 0 Å². The molecule has 0 aliphatic carbocycles. The van der Waals surface area contributed by atoms with E-state index in [1.807, 2.05) is 0 Å². The van der Waals surface area contributed by atoms with Crippen molar-refractivity contribution >= 4 is 39.4 Å². The average Bonchev–Trinajstić information content (AvgIpc) is 3.04. The van der Waals surface area contributed by atoms with Gasteiger partial charge in [0.15, 0.2) is 6.61 Å². The Kier molecular flexibility index (Phi) is 10.3. The number of anilines is 2. The summed E-state index contributed by atoms with van der Waals surface area (Å²) in [6.45, 7) is -0.755. The molecule has 4 rings (SSSR count). The van der Waals surface area contributed by atoms with Crippen LogP contribution in [0.4, 0.5) is 11.4 Å². The second-order valence-electron chi connectivity index (χ2n) is 8.90. The van der Waals surface area contributed by atoms with Crippen molar-refractivity contribution in [1.29, 1.82) is 0 Å². The predicted molar refractivity (Wildman–Crippen MR) is 163 cm³/mol. The molecule has 0 saturated heterocycles. The Balaban J connectivity index is 1.36. The van der Waals surface area contributed by atoms with Crippen LogP contribution in [0.3, 0.4) is 0 Å². The van der Waals surface area contributed by atoms with Gasteiger partial charge < -0.3 is 19.5 Å². The fourth-order valence-corrected chi connectivity index (χ4v) is 5.39. The Morgan fingerprint density at radius 1 is 0.791 bits per heavy atom. The van der Waals surface area contributed by atoms with Crippen molar-refractivity contribution in [2.24, 2.45) is 5.10 Å². The number of carbonyl (C=O) groups excluding carboxylic acids is 2. The summed E-state index contributed by atoms with van der Waals surface area (Å²) < 4.78 is 44.1. The highest BCUT2D eigenvalue weighted by atomic mass is 32.2. The summed E-state index contributed by atoms with van der Waals surface area (Å²) in [5, 5.41) is 6.69. The number of hydrogen-bond donors (Lipinski definition) is 2. The number of hydrogen-bond acceptors (Lipinski definition) is 8. The van der Waals surface area contributed by atoms with Crippen LogP contribution in [0.2, 0.25) is 0 Å². The molecule has 12 heteroatoms. The predicted octanol–water partition coefficient (Wildman–Crippen LogP) is 4.07. The summed E-state index contributed by atoms with van der Waals surface area (Å²) in [6.07, 6.45) is 1.40. The van der Waals surface area contributed by atoms with E-state index in [2.05, 4.69) is 15.8 Å². The summed E-state index contributed by atoms with van der Waals surface area (Å²) in [5.41, 5.74) is 3.74. The van der Waals surface area contributed by atoms with Crippen LogP contribution < -0.4 is 29.3 Å². The molecule has 0 radical (unpaired) electrons. The van der Waals surface area contributed by atoms with E-state index in [4.69, 9.17) is 14.2 Å². The lowest BCUT2D eigenvalue weighted by Crippen LogP contribution is -2.39. The fourth-order valence-electron chi connectivity index (χ4n) is 3.93. The van der Waals surface area contributed by atoms with E-state index in [1.165, 1.54) is 32.6 Å². The first-order valence-electron chi connectivity index (χ1n) is 13.0. The van der Waals surface area contributed by atoms with Crippen LogP contribution >= 0.6 is 0 Å². The zero-order chi connectivity index (χ0) is 30.7. The van der Waals surface area contributed by atoms with Gasteiger partial charge in [0.05, 0.1) is 36.7 Å². The van der Waals surface area contributed by atoms with Gasteiger partial charge >= 0.3 is 0 Å². The number of sulfonamides is 1. The molecular weight excluding hydrogens is 572 g/mol. The molecule has 11 nitrogen and oxygen atoms in total. The Morgan fingerprint density at radius 2 is 1.42 bits per heavy atom. The van der Waals surface area contributed by atoms with Crippen LogP contribution in [0.15, 0.2) is 113 Å². The second-order valence-corrected chi connectivity index (χ2v) is 10.8. The summed E-state index contributed by atoms with van der Waals surface area (Å²) in [4.78, 5) is 25.1. The lowest BCUT2D eigenvalue weighted by molar-refractivity contribution is -0.119. The van der Waals surface area contributed by atoms with Gasteiger partial charge in [-0.25, -0.2) is 13.8 Å². The first-order chi connectivity index (χ1) is 20.8. The van der Waals surface area contributed by atoms with Gasteiger partial charge in [-0.1, -0.05) is 42.5 Å². The third-order valence-electron chi connectivity index (χ3n) is 6.01. The van der Waals surface area contributed by atoms with E-state index in [-0.39, 0.29) is 28.8 Å². The molecule has 0 aliphatic heterocycles. The topological polar surface area (TPSA) is 136 Å². The summed E-state index contributed by atoms with van der Waals surface area (Å²) >= 11 is 0. The van der Waals surface area contributed by atoms with Gasteiger partial charge in [-0.2, -0.15) is 5.10 Å². The van der Waals surface area contributed by atoms with Crippen LogP contribution in [0.1, 0.15) is 5.56 Å². The maximum Gasteiger partial charge on any atom is 0.264 e. The van der Waals surface area contributed by atoms with Gasteiger partial charge in [0.2, 0.25) is 0 Å². The van der Waals surface area contributed by atoms with E-state index in [9.17, 15) is 18.0 Å². The first-order valence-corrected chi connectivity index (χ1v) is 14.4. The van der Waals surface area contributed by atoms with Gasteiger partial charge in [0.1, 0.15) is 23.8 Å². The molecule has 0 spiro atoms. The summed E-state index contributed by atoms with van der Waals surface area (Å²) in [6, 6.07) is 28.0.